The van der Waals surface area contributed by atoms with Gasteiger partial charge in [0.25, 0.3) is 0 Å². The molecule has 1 aromatic carbocycles. The Bertz CT molecular complexity index is 935. The Hall–Kier alpha value is -2.25. The van der Waals surface area contributed by atoms with Gasteiger partial charge in [-0.25, -0.2) is 4.98 Å². The lowest BCUT2D eigenvalue weighted by atomic mass is 10.1. The van der Waals surface area contributed by atoms with Gasteiger partial charge in [0.05, 0.1) is 21.3 Å². The van der Waals surface area contributed by atoms with Crippen LogP contribution in [0, 0.1) is 27.7 Å². The average molecular weight is 385 g/mol. The van der Waals surface area contributed by atoms with Crippen LogP contribution in [0.3, 0.4) is 0 Å². The molecule has 0 radical (unpaired) electrons. The van der Waals surface area contributed by atoms with Crippen LogP contribution in [-0.2, 0) is 4.79 Å². The number of aromatic nitrogens is 3. The molecule has 0 unspecified atom stereocenters. The molecule has 0 aliphatic carbocycles. The van der Waals surface area contributed by atoms with Crippen molar-refractivity contribution in [3.8, 4) is 10.6 Å². The van der Waals surface area contributed by atoms with Crippen molar-refractivity contribution >= 4 is 34.7 Å². The molecular weight excluding hydrogens is 364 g/mol. The summed E-state index contributed by atoms with van der Waals surface area (Å²) < 4.78 is 0. The molecule has 0 aliphatic rings. The summed E-state index contributed by atoms with van der Waals surface area (Å²) >= 11 is 2.98. The standard InChI is InChI=1S/C19H20N4OS2/c1-11-5-6-12(2)16(9-11)21-17(24)10-25-18-8-7-15(22-23-18)19-13(3)20-14(4)26-19/h5-9H,10H2,1-4H3,(H,21,24). The van der Waals surface area contributed by atoms with Crippen LogP contribution < -0.4 is 5.32 Å². The summed E-state index contributed by atoms with van der Waals surface area (Å²) in [4.78, 5) is 17.7. The number of thioether (sulfide) groups is 1. The molecule has 2 heterocycles. The Morgan fingerprint density at radius 3 is 2.58 bits per heavy atom. The number of carbonyl (C=O) groups excluding carboxylic acids is 1. The maximum absolute atomic E-state index is 12.2. The predicted molar refractivity (Wildman–Crippen MR) is 108 cm³/mol. The second-order valence-corrected chi connectivity index (χ2v) is 8.26. The van der Waals surface area contributed by atoms with Crippen LogP contribution in [0.4, 0.5) is 5.69 Å². The predicted octanol–water partition coefficient (Wildman–Crippen LogP) is 4.56. The lowest BCUT2D eigenvalue weighted by molar-refractivity contribution is -0.113. The molecule has 26 heavy (non-hydrogen) atoms. The smallest absolute Gasteiger partial charge is 0.234 e. The summed E-state index contributed by atoms with van der Waals surface area (Å²) in [6.07, 6.45) is 0. The van der Waals surface area contributed by atoms with Crippen molar-refractivity contribution in [3.63, 3.8) is 0 Å². The summed E-state index contributed by atoms with van der Waals surface area (Å²) in [6, 6.07) is 9.84. The van der Waals surface area contributed by atoms with Crippen LogP contribution in [0.5, 0.6) is 0 Å². The molecule has 3 aromatic rings. The number of nitrogens with zero attached hydrogens (tertiary/aromatic N) is 3. The Balaban J connectivity index is 1.60. The molecule has 0 saturated heterocycles. The van der Waals surface area contributed by atoms with Crippen molar-refractivity contribution in [3.05, 3.63) is 52.2 Å². The normalized spacial score (nSPS) is 10.8. The van der Waals surface area contributed by atoms with E-state index < -0.39 is 0 Å². The van der Waals surface area contributed by atoms with E-state index in [1.54, 1.807) is 11.3 Å². The zero-order chi connectivity index (χ0) is 18.7. The van der Waals surface area contributed by atoms with E-state index in [0.717, 1.165) is 43.1 Å². The van der Waals surface area contributed by atoms with E-state index in [4.69, 9.17) is 0 Å². The molecular formula is C19H20N4OS2. The van der Waals surface area contributed by atoms with Crippen LogP contribution >= 0.6 is 23.1 Å². The number of thiazole rings is 1. The molecule has 0 spiro atoms. The van der Waals surface area contributed by atoms with Crippen molar-refractivity contribution in [1.29, 1.82) is 0 Å². The highest BCUT2D eigenvalue weighted by molar-refractivity contribution is 7.99. The zero-order valence-electron chi connectivity index (χ0n) is 15.2. The first-order valence-electron chi connectivity index (χ1n) is 8.20. The van der Waals surface area contributed by atoms with Gasteiger partial charge in [-0.3, -0.25) is 4.79 Å². The van der Waals surface area contributed by atoms with Crippen LogP contribution in [0.25, 0.3) is 10.6 Å². The number of carbonyl (C=O) groups is 1. The van der Waals surface area contributed by atoms with E-state index in [-0.39, 0.29) is 5.91 Å². The first-order chi connectivity index (χ1) is 12.4. The number of hydrogen-bond donors (Lipinski definition) is 1. The topological polar surface area (TPSA) is 67.8 Å². The van der Waals surface area contributed by atoms with Gasteiger partial charge < -0.3 is 5.32 Å². The highest BCUT2D eigenvalue weighted by Gasteiger charge is 2.11. The van der Waals surface area contributed by atoms with E-state index in [1.807, 2.05) is 58.0 Å². The molecule has 0 fully saturated rings. The number of amides is 1. The van der Waals surface area contributed by atoms with Gasteiger partial charge in [-0.15, -0.1) is 21.5 Å². The van der Waals surface area contributed by atoms with Gasteiger partial charge in [0.15, 0.2) is 0 Å². The largest absolute Gasteiger partial charge is 0.325 e. The summed E-state index contributed by atoms with van der Waals surface area (Å²) in [5.41, 5.74) is 4.81. The highest BCUT2D eigenvalue weighted by Crippen LogP contribution is 2.28. The number of anilines is 1. The van der Waals surface area contributed by atoms with Crippen molar-refractivity contribution in [2.24, 2.45) is 0 Å². The molecule has 7 heteroatoms. The van der Waals surface area contributed by atoms with Crippen LogP contribution in [-0.4, -0.2) is 26.8 Å². The molecule has 0 bridgehead atoms. The first kappa shape index (κ1) is 18.5. The quantitative estimate of drug-likeness (QED) is 0.653. The zero-order valence-corrected chi connectivity index (χ0v) is 16.8. The van der Waals surface area contributed by atoms with E-state index >= 15 is 0 Å². The van der Waals surface area contributed by atoms with Crippen molar-refractivity contribution < 1.29 is 4.79 Å². The Morgan fingerprint density at radius 2 is 1.92 bits per heavy atom. The SMILES string of the molecule is Cc1ccc(C)c(NC(=O)CSc2ccc(-c3sc(C)nc3C)nn2)c1. The van der Waals surface area contributed by atoms with E-state index in [1.165, 1.54) is 11.8 Å². The average Bonchev–Trinajstić information content (AvgIpc) is 2.95. The van der Waals surface area contributed by atoms with Gasteiger partial charge in [0.1, 0.15) is 10.7 Å². The van der Waals surface area contributed by atoms with E-state index in [0.29, 0.717) is 5.75 Å². The van der Waals surface area contributed by atoms with Gasteiger partial charge in [0.2, 0.25) is 5.91 Å². The Labute approximate surface area is 161 Å². The van der Waals surface area contributed by atoms with Crippen LogP contribution in [0.1, 0.15) is 21.8 Å². The second kappa shape index (κ2) is 7.97. The maximum Gasteiger partial charge on any atom is 0.234 e. The van der Waals surface area contributed by atoms with E-state index in [2.05, 4.69) is 20.5 Å². The van der Waals surface area contributed by atoms with Gasteiger partial charge in [-0.05, 0) is 57.0 Å². The monoisotopic (exact) mass is 384 g/mol. The maximum atomic E-state index is 12.2. The third-order valence-corrected chi connectivity index (χ3v) is 5.81. The summed E-state index contributed by atoms with van der Waals surface area (Å²) in [5.74, 6) is 0.239. The van der Waals surface area contributed by atoms with Crippen molar-refractivity contribution in [2.75, 3.05) is 11.1 Å². The number of hydrogen-bond acceptors (Lipinski definition) is 6. The minimum Gasteiger partial charge on any atom is -0.325 e. The van der Waals surface area contributed by atoms with Gasteiger partial charge >= 0.3 is 0 Å². The van der Waals surface area contributed by atoms with Crippen molar-refractivity contribution in [1.82, 2.24) is 15.2 Å². The fourth-order valence-electron chi connectivity index (χ4n) is 2.48. The Morgan fingerprint density at radius 1 is 1.12 bits per heavy atom. The fraction of sp³-hybridized carbons (Fsp3) is 0.263. The van der Waals surface area contributed by atoms with Gasteiger partial charge in [-0.1, -0.05) is 23.9 Å². The number of benzene rings is 1. The summed E-state index contributed by atoms with van der Waals surface area (Å²) in [7, 11) is 0. The molecule has 134 valence electrons. The second-order valence-electron chi connectivity index (χ2n) is 6.06. The summed E-state index contributed by atoms with van der Waals surface area (Å²) in [5, 5.41) is 13.2. The summed E-state index contributed by atoms with van der Waals surface area (Å²) in [6.45, 7) is 7.94. The van der Waals surface area contributed by atoms with E-state index in [9.17, 15) is 4.79 Å². The Kier molecular flexibility index (Phi) is 5.68. The van der Waals surface area contributed by atoms with Crippen LogP contribution in [0.2, 0.25) is 0 Å². The lowest BCUT2D eigenvalue weighted by Gasteiger charge is -2.09. The molecule has 3 rings (SSSR count). The lowest BCUT2D eigenvalue weighted by Crippen LogP contribution is -2.15. The van der Waals surface area contributed by atoms with Crippen LogP contribution in [0.15, 0.2) is 35.4 Å². The molecule has 0 saturated carbocycles. The minimum absolute atomic E-state index is 0.0523. The number of nitrogens with one attached hydrogen (secondary N) is 1. The molecule has 0 aliphatic heterocycles. The third-order valence-electron chi connectivity index (χ3n) is 3.79. The molecule has 0 atom stereocenters. The first-order valence-corrected chi connectivity index (χ1v) is 10.0. The fourth-order valence-corrected chi connectivity index (χ4v) is 3.98. The van der Waals surface area contributed by atoms with Gasteiger partial charge in [-0.2, -0.15) is 0 Å². The molecule has 1 amide bonds. The molecule has 5 nitrogen and oxygen atoms in total. The number of rotatable bonds is 5. The molecule has 2 aromatic heterocycles. The third kappa shape index (κ3) is 4.47. The number of aryl methyl sites for hydroxylation is 4. The highest BCUT2D eigenvalue weighted by atomic mass is 32.2. The minimum atomic E-state index is -0.0523. The molecule has 1 N–H and O–H groups in total. The van der Waals surface area contributed by atoms with Crippen molar-refractivity contribution in [2.45, 2.75) is 32.7 Å². The van der Waals surface area contributed by atoms with Gasteiger partial charge in [0, 0.05) is 5.69 Å².